The van der Waals surface area contributed by atoms with Gasteiger partial charge < -0.3 is 10.3 Å². The molecule has 0 aliphatic heterocycles. The van der Waals surface area contributed by atoms with Crippen molar-refractivity contribution >= 4 is 0 Å². The molecule has 1 heterocycles. The smallest absolute Gasteiger partial charge is 0.110 e. The molecule has 13 heavy (non-hydrogen) atoms. The highest BCUT2D eigenvalue weighted by Crippen LogP contribution is 2.32. The van der Waals surface area contributed by atoms with Gasteiger partial charge in [0.2, 0.25) is 0 Å². The van der Waals surface area contributed by atoms with Gasteiger partial charge in [-0.15, -0.1) is 0 Å². The molecule has 72 valence electrons. The minimum atomic E-state index is 0.209. The highest BCUT2D eigenvalue weighted by atomic mass is 15.1. The van der Waals surface area contributed by atoms with Crippen molar-refractivity contribution in [2.45, 2.75) is 44.7 Å². The third kappa shape index (κ3) is 1.75. The maximum absolute atomic E-state index is 5.76. The summed E-state index contributed by atoms with van der Waals surface area (Å²) in [5.74, 6) is 1.15. The second kappa shape index (κ2) is 3.50. The van der Waals surface area contributed by atoms with Gasteiger partial charge in [0.1, 0.15) is 5.82 Å². The first kappa shape index (κ1) is 8.75. The number of nitrogens with zero attached hydrogens (tertiary/aromatic N) is 2. The molecule has 1 atom stereocenters. The van der Waals surface area contributed by atoms with Gasteiger partial charge in [-0.05, 0) is 26.2 Å². The van der Waals surface area contributed by atoms with Crippen LogP contribution in [0.3, 0.4) is 0 Å². The predicted octanol–water partition coefficient (Wildman–Crippen LogP) is 1.50. The van der Waals surface area contributed by atoms with E-state index in [4.69, 9.17) is 5.73 Å². The fourth-order valence-electron chi connectivity index (χ4n) is 1.79. The average Bonchev–Trinajstić information content (AvgIpc) is 2.32. The van der Waals surface area contributed by atoms with Gasteiger partial charge in [0.05, 0.1) is 0 Å². The summed E-state index contributed by atoms with van der Waals surface area (Å²) in [5.41, 5.74) is 5.76. The van der Waals surface area contributed by atoms with E-state index in [1.807, 2.05) is 13.1 Å². The summed E-state index contributed by atoms with van der Waals surface area (Å²) in [6, 6.07) is 0.914. The molecule has 0 amide bonds. The molecule has 0 radical (unpaired) electrons. The second-order valence-electron chi connectivity index (χ2n) is 4.02. The number of hydrogen-bond acceptors (Lipinski definition) is 2. The van der Waals surface area contributed by atoms with Gasteiger partial charge in [-0.2, -0.15) is 0 Å². The van der Waals surface area contributed by atoms with Crippen LogP contribution >= 0.6 is 0 Å². The minimum absolute atomic E-state index is 0.209. The molecule has 1 fully saturated rings. The molecule has 0 bridgehead atoms. The van der Waals surface area contributed by atoms with Crippen molar-refractivity contribution in [3.63, 3.8) is 0 Å². The molecule has 0 aromatic carbocycles. The normalized spacial score (nSPS) is 19.8. The van der Waals surface area contributed by atoms with Gasteiger partial charge in [0.15, 0.2) is 0 Å². The van der Waals surface area contributed by atoms with Gasteiger partial charge >= 0.3 is 0 Å². The lowest BCUT2D eigenvalue weighted by Crippen LogP contribution is -2.24. The van der Waals surface area contributed by atoms with E-state index in [0.717, 1.165) is 12.2 Å². The van der Waals surface area contributed by atoms with Crippen molar-refractivity contribution in [2.75, 3.05) is 0 Å². The summed E-state index contributed by atoms with van der Waals surface area (Å²) in [4.78, 5) is 4.34. The standard InChI is InChI=1S/C10H17N3/c1-8(11)7-10-12-5-6-13(10)9-3-2-4-9/h5-6,8-9H,2-4,7,11H2,1H3. The summed E-state index contributed by atoms with van der Waals surface area (Å²) < 4.78 is 2.30. The van der Waals surface area contributed by atoms with E-state index in [-0.39, 0.29) is 6.04 Å². The highest BCUT2D eigenvalue weighted by Gasteiger charge is 2.21. The van der Waals surface area contributed by atoms with E-state index in [2.05, 4.69) is 15.7 Å². The van der Waals surface area contributed by atoms with E-state index in [1.165, 1.54) is 19.3 Å². The summed E-state index contributed by atoms with van der Waals surface area (Å²) in [6.07, 6.45) is 8.84. The van der Waals surface area contributed by atoms with Gasteiger partial charge in [0, 0.05) is 30.9 Å². The Hall–Kier alpha value is -0.830. The van der Waals surface area contributed by atoms with Crippen molar-refractivity contribution < 1.29 is 0 Å². The first-order valence-electron chi connectivity index (χ1n) is 5.04. The van der Waals surface area contributed by atoms with Crippen LogP contribution in [0.2, 0.25) is 0 Å². The third-order valence-electron chi connectivity index (χ3n) is 2.72. The molecule has 0 saturated heterocycles. The maximum Gasteiger partial charge on any atom is 0.110 e. The van der Waals surface area contributed by atoms with Gasteiger partial charge in [-0.1, -0.05) is 0 Å². The van der Waals surface area contributed by atoms with Crippen LogP contribution in [0.1, 0.15) is 38.1 Å². The van der Waals surface area contributed by atoms with E-state index in [1.54, 1.807) is 0 Å². The molecule has 1 aromatic heterocycles. The van der Waals surface area contributed by atoms with Crippen molar-refractivity contribution in [1.82, 2.24) is 9.55 Å². The van der Waals surface area contributed by atoms with E-state index < -0.39 is 0 Å². The average molecular weight is 179 g/mol. The second-order valence-corrected chi connectivity index (χ2v) is 4.02. The first-order chi connectivity index (χ1) is 6.27. The van der Waals surface area contributed by atoms with Crippen molar-refractivity contribution in [3.8, 4) is 0 Å². The Balaban J connectivity index is 2.10. The Morgan fingerprint density at radius 1 is 1.69 bits per heavy atom. The van der Waals surface area contributed by atoms with Gasteiger partial charge in [-0.3, -0.25) is 0 Å². The van der Waals surface area contributed by atoms with Crippen LogP contribution in [-0.2, 0) is 6.42 Å². The number of nitrogens with two attached hydrogens (primary N) is 1. The maximum atomic E-state index is 5.76. The van der Waals surface area contributed by atoms with Crippen molar-refractivity contribution in [2.24, 2.45) is 5.73 Å². The Kier molecular flexibility index (Phi) is 2.36. The van der Waals surface area contributed by atoms with E-state index >= 15 is 0 Å². The highest BCUT2D eigenvalue weighted by molar-refractivity contribution is 4.99. The lowest BCUT2D eigenvalue weighted by atomic mass is 9.93. The Labute approximate surface area is 79.0 Å². The molecular weight excluding hydrogens is 162 g/mol. The fraction of sp³-hybridized carbons (Fsp3) is 0.700. The fourth-order valence-corrected chi connectivity index (χ4v) is 1.79. The topological polar surface area (TPSA) is 43.8 Å². The Morgan fingerprint density at radius 3 is 3.00 bits per heavy atom. The molecular formula is C10H17N3. The number of hydrogen-bond donors (Lipinski definition) is 1. The van der Waals surface area contributed by atoms with Crippen LogP contribution in [0.4, 0.5) is 0 Å². The Morgan fingerprint density at radius 2 is 2.46 bits per heavy atom. The van der Waals surface area contributed by atoms with Gasteiger partial charge in [-0.25, -0.2) is 4.98 Å². The molecule has 1 aromatic rings. The third-order valence-corrected chi connectivity index (χ3v) is 2.72. The number of aromatic nitrogens is 2. The van der Waals surface area contributed by atoms with Crippen molar-refractivity contribution in [1.29, 1.82) is 0 Å². The summed E-state index contributed by atoms with van der Waals surface area (Å²) in [6.45, 7) is 2.03. The molecule has 3 heteroatoms. The molecule has 1 saturated carbocycles. The molecule has 1 aliphatic rings. The molecule has 1 aliphatic carbocycles. The summed E-state index contributed by atoms with van der Waals surface area (Å²) in [7, 11) is 0. The molecule has 0 spiro atoms. The largest absolute Gasteiger partial charge is 0.332 e. The van der Waals surface area contributed by atoms with Crippen LogP contribution < -0.4 is 5.73 Å². The van der Waals surface area contributed by atoms with Crippen LogP contribution in [0.5, 0.6) is 0 Å². The first-order valence-corrected chi connectivity index (χ1v) is 5.04. The zero-order chi connectivity index (χ0) is 9.26. The van der Waals surface area contributed by atoms with Crippen LogP contribution in [-0.4, -0.2) is 15.6 Å². The monoisotopic (exact) mass is 179 g/mol. The minimum Gasteiger partial charge on any atom is -0.332 e. The van der Waals surface area contributed by atoms with E-state index in [0.29, 0.717) is 6.04 Å². The van der Waals surface area contributed by atoms with Crippen LogP contribution in [0, 0.1) is 0 Å². The zero-order valence-electron chi connectivity index (χ0n) is 8.11. The van der Waals surface area contributed by atoms with E-state index in [9.17, 15) is 0 Å². The number of imidazole rings is 1. The SMILES string of the molecule is CC(N)Cc1nccn1C1CCC1. The predicted molar refractivity (Wildman–Crippen MR) is 52.5 cm³/mol. The molecule has 1 unspecified atom stereocenters. The lowest BCUT2D eigenvalue weighted by molar-refractivity contribution is 0.305. The van der Waals surface area contributed by atoms with Crippen LogP contribution in [0.25, 0.3) is 0 Å². The molecule has 2 N–H and O–H groups in total. The van der Waals surface area contributed by atoms with Gasteiger partial charge in [0.25, 0.3) is 0 Å². The summed E-state index contributed by atoms with van der Waals surface area (Å²) in [5, 5.41) is 0. The quantitative estimate of drug-likeness (QED) is 0.764. The molecule has 2 rings (SSSR count). The zero-order valence-corrected chi connectivity index (χ0v) is 8.11. The lowest BCUT2D eigenvalue weighted by Gasteiger charge is -2.28. The van der Waals surface area contributed by atoms with Crippen LogP contribution in [0.15, 0.2) is 12.4 Å². The number of rotatable bonds is 3. The summed E-state index contributed by atoms with van der Waals surface area (Å²) >= 11 is 0. The molecule has 3 nitrogen and oxygen atoms in total. The Bertz CT molecular complexity index is 273. The van der Waals surface area contributed by atoms with Crippen molar-refractivity contribution in [3.05, 3.63) is 18.2 Å².